The van der Waals surface area contributed by atoms with Gasteiger partial charge in [0, 0.05) is 17.3 Å². The van der Waals surface area contributed by atoms with Gasteiger partial charge in [0.15, 0.2) is 0 Å². The van der Waals surface area contributed by atoms with E-state index in [1.54, 1.807) is 18.2 Å². The molecule has 0 spiro atoms. The molecule has 2 rings (SSSR count). The minimum absolute atomic E-state index is 0.446. The molecule has 1 aromatic carbocycles. The Morgan fingerprint density at radius 1 is 1.27 bits per heavy atom. The summed E-state index contributed by atoms with van der Waals surface area (Å²) in [5, 5.41) is 5.83. The zero-order chi connectivity index (χ0) is 16.1. The number of carbonyl (C=O) groups excluding carboxylic acids is 2. The van der Waals surface area contributed by atoms with Crippen molar-refractivity contribution in [2.75, 3.05) is 32.0 Å². The summed E-state index contributed by atoms with van der Waals surface area (Å²) in [4.78, 5) is 26.0. The van der Waals surface area contributed by atoms with Crippen LogP contribution in [0.1, 0.15) is 18.4 Å². The Hall–Kier alpha value is -1.59. The summed E-state index contributed by atoms with van der Waals surface area (Å²) in [5.41, 5.74) is 1.45. The lowest BCUT2D eigenvalue weighted by molar-refractivity contribution is -0.136. The lowest BCUT2D eigenvalue weighted by Crippen LogP contribution is -2.41. The number of carbonyl (C=O) groups is 2. The molecule has 0 aliphatic carbocycles. The Morgan fingerprint density at radius 3 is 2.59 bits per heavy atom. The first-order chi connectivity index (χ1) is 10.5. The molecule has 1 aromatic rings. The van der Waals surface area contributed by atoms with Gasteiger partial charge < -0.3 is 15.5 Å². The molecular weight excluding hydrogens is 302 g/mol. The summed E-state index contributed by atoms with van der Waals surface area (Å²) in [5.74, 6) is -0.815. The fourth-order valence-corrected chi connectivity index (χ4v) is 2.62. The first kappa shape index (κ1) is 16.8. The van der Waals surface area contributed by atoms with E-state index in [4.69, 9.17) is 11.6 Å². The van der Waals surface area contributed by atoms with Gasteiger partial charge in [-0.15, -0.1) is 0 Å². The van der Waals surface area contributed by atoms with Gasteiger partial charge in [-0.1, -0.05) is 17.7 Å². The largest absolute Gasteiger partial charge is 0.348 e. The molecule has 1 aliphatic heterocycles. The summed E-state index contributed by atoms with van der Waals surface area (Å²) in [6.45, 7) is 4.50. The maximum Gasteiger partial charge on any atom is 0.313 e. The van der Waals surface area contributed by atoms with Crippen molar-refractivity contribution in [1.82, 2.24) is 10.2 Å². The van der Waals surface area contributed by atoms with Crippen LogP contribution >= 0.6 is 11.6 Å². The number of hydrogen-bond acceptors (Lipinski definition) is 3. The molecule has 5 nitrogen and oxygen atoms in total. The van der Waals surface area contributed by atoms with E-state index >= 15 is 0 Å². The molecular formula is C16H22ClN3O2. The normalized spacial score (nSPS) is 16.3. The number of hydrogen-bond donors (Lipinski definition) is 2. The van der Waals surface area contributed by atoms with E-state index in [0.717, 1.165) is 31.5 Å². The molecule has 0 atom stereocenters. The van der Waals surface area contributed by atoms with Crippen LogP contribution in [0.15, 0.2) is 18.2 Å². The molecule has 1 aliphatic rings. The molecule has 2 amide bonds. The number of anilines is 1. The minimum atomic E-state index is -0.659. The predicted molar refractivity (Wildman–Crippen MR) is 88.0 cm³/mol. The molecule has 2 N–H and O–H groups in total. The van der Waals surface area contributed by atoms with Gasteiger partial charge in [0.25, 0.3) is 0 Å². The van der Waals surface area contributed by atoms with Crippen LogP contribution in [0.5, 0.6) is 0 Å². The highest BCUT2D eigenvalue weighted by Crippen LogP contribution is 2.20. The molecule has 1 saturated heterocycles. The zero-order valence-corrected chi connectivity index (χ0v) is 13.7. The standard InChI is InChI=1S/C16H22ClN3O2/c1-11-3-4-13(9-14(11)17)19-16(22)15(21)18-10-12-5-7-20(2)8-6-12/h3-4,9,12H,5-8,10H2,1-2H3,(H,18,21)(H,19,22). The summed E-state index contributed by atoms with van der Waals surface area (Å²) in [7, 11) is 2.09. The maximum absolute atomic E-state index is 11.9. The molecule has 6 heteroatoms. The van der Waals surface area contributed by atoms with E-state index in [-0.39, 0.29) is 0 Å². The average molecular weight is 324 g/mol. The van der Waals surface area contributed by atoms with Gasteiger partial charge in [0.05, 0.1) is 0 Å². The maximum atomic E-state index is 11.9. The molecule has 0 bridgehead atoms. The highest BCUT2D eigenvalue weighted by molar-refractivity contribution is 6.39. The van der Waals surface area contributed by atoms with E-state index in [0.29, 0.717) is 23.2 Å². The van der Waals surface area contributed by atoms with Gasteiger partial charge in [-0.25, -0.2) is 0 Å². The molecule has 1 heterocycles. The van der Waals surface area contributed by atoms with Crippen LogP contribution < -0.4 is 10.6 Å². The lowest BCUT2D eigenvalue weighted by atomic mass is 9.97. The number of rotatable bonds is 3. The topological polar surface area (TPSA) is 61.4 Å². The number of amides is 2. The predicted octanol–water partition coefficient (Wildman–Crippen LogP) is 2.04. The van der Waals surface area contributed by atoms with Crippen molar-refractivity contribution in [3.8, 4) is 0 Å². The quantitative estimate of drug-likeness (QED) is 0.837. The van der Waals surface area contributed by atoms with Crippen molar-refractivity contribution >= 4 is 29.1 Å². The van der Waals surface area contributed by atoms with Crippen LogP contribution in [0.3, 0.4) is 0 Å². The van der Waals surface area contributed by atoms with E-state index in [2.05, 4.69) is 22.6 Å². The second-order valence-corrected chi connectivity index (χ2v) is 6.28. The number of nitrogens with zero attached hydrogens (tertiary/aromatic N) is 1. The molecule has 120 valence electrons. The van der Waals surface area contributed by atoms with Crippen molar-refractivity contribution in [2.24, 2.45) is 5.92 Å². The number of piperidine rings is 1. The highest BCUT2D eigenvalue weighted by Gasteiger charge is 2.19. The Labute approximate surface area is 136 Å². The van der Waals surface area contributed by atoms with Gasteiger partial charge in [0.1, 0.15) is 0 Å². The van der Waals surface area contributed by atoms with Crippen molar-refractivity contribution in [2.45, 2.75) is 19.8 Å². The fourth-order valence-electron chi connectivity index (χ4n) is 2.44. The fraction of sp³-hybridized carbons (Fsp3) is 0.500. The Kier molecular flexibility index (Phi) is 5.80. The number of halogens is 1. The number of aryl methyl sites for hydroxylation is 1. The zero-order valence-electron chi connectivity index (χ0n) is 13.0. The summed E-state index contributed by atoms with van der Waals surface area (Å²) in [6, 6.07) is 5.16. The second kappa shape index (κ2) is 7.61. The van der Waals surface area contributed by atoms with E-state index in [1.165, 1.54) is 0 Å². The lowest BCUT2D eigenvalue weighted by Gasteiger charge is -2.28. The first-order valence-electron chi connectivity index (χ1n) is 7.49. The van der Waals surface area contributed by atoms with E-state index < -0.39 is 11.8 Å². The SMILES string of the molecule is Cc1ccc(NC(=O)C(=O)NCC2CCN(C)CC2)cc1Cl. The third-order valence-electron chi connectivity index (χ3n) is 4.03. The van der Waals surface area contributed by atoms with Crippen LogP contribution in [-0.4, -0.2) is 43.4 Å². The number of benzene rings is 1. The van der Waals surface area contributed by atoms with Gasteiger partial charge >= 0.3 is 11.8 Å². The van der Waals surface area contributed by atoms with Crippen LogP contribution in [0, 0.1) is 12.8 Å². The number of nitrogens with one attached hydrogen (secondary N) is 2. The smallest absolute Gasteiger partial charge is 0.313 e. The monoisotopic (exact) mass is 323 g/mol. The third-order valence-corrected chi connectivity index (χ3v) is 4.43. The van der Waals surface area contributed by atoms with Crippen molar-refractivity contribution < 1.29 is 9.59 Å². The van der Waals surface area contributed by atoms with Crippen LogP contribution in [0.2, 0.25) is 5.02 Å². The molecule has 0 unspecified atom stereocenters. The molecule has 22 heavy (non-hydrogen) atoms. The van der Waals surface area contributed by atoms with Gasteiger partial charge in [0.2, 0.25) is 0 Å². The van der Waals surface area contributed by atoms with Crippen LogP contribution in [0.4, 0.5) is 5.69 Å². The molecule has 0 saturated carbocycles. The summed E-state index contributed by atoms with van der Waals surface area (Å²) >= 11 is 6.00. The van der Waals surface area contributed by atoms with Crippen molar-refractivity contribution in [1.29, 1.82) is 0 Å². The average Bonchev–Trinajstić information content (AvgIpc) is 2.50. The van der Waals surface area contributed by atoms with E-state index in [1.807, 2.05) is 6.92 Å². The van der Waals surface area contributed by atoms with Gasteiger partial charge in [-0.2, -0.15) is 0 Å². The van der Waals surface area contributed by atoms with Crippen molar-refractivity contribution in [3.05, 3.63) is 28.8 Å². The Bertz CT molecular complexity index is 554. The minimum Gasteiger partial charge on any atom is -0.348 e. The number of likely N-dealkylation sites (tertiary alicyclic amines) is 1. The van der Waals surface area contributed by atoms with Crippen molar-refractivity contribution in [3.63, 3.8) is 0 Å². The molecule has 1 fully saturated rings. The van der Waals surface area contributed by atoms with Gasteiger partial charge in [-0.05, 0) is 63.5 Å². The molecule has 0 aromatic heterocycles. The Morgan fingerprint density at radius 2 is 1.95 bits per heavy atom. The summed E-state index contributed by atoms with van der Waals surface area (Å²) < 4.78 is 0. The molecule has 0 radical (unpaired) electrons. The summed E-state index contributed by atoms with van der Waals surface area (Å²) in [6.07, 6.45) is 2.10. The second-order valence-electron chi connectivity index (χ2n) is 5.87. The van der Waals surface area contributed by atoms with E-state index in [9.17, 15) is 9.59 Å². The van der Waals surface area contributed by atoms with Crippen LogP contribution in [0.25, 0.3) is 0 Å². The Balaban J connectivity index is 1.79. The van der Waals surface area contributed by atoms with Gasteiger partial charge in [-0.3, -0.25) is 9.59 Å². The third kappa shape index (κ3) is 4.71. The van der Waals surface area contributed by atoms with Crippen LogP contribution in [-0.2, 0) is 9.59 Å². The first-order valence-corrected chi connectivity index (χ1v) is 7.87. The highest BCUT2D eigenvalue weighted by atomic mass is 35.5.